The van der Waals surface area contributed by atoms with Crippen LogP contribution in [0, 0.1) is 12.7 Å². The third-order valence-corrected chi connectivity index (χ3v) is 5.33. The van der Waals surface area contributed by atoms with Gasteiger partial charge >= 0.3 is 0 Å². The van der Waals surface area contributed by atoms with Crippen LogP contribution in [0.4, 0.5) is 14.9 Å². The summed E-state index contributed by atoms with van der Waals surface area (Å²) in [6.45, 7) is 1.29. The van der Waals surface area contributed by atoms with Gasteiger partial charge in [-0.2, -0.15) is 0 Å². The number of imide groups is 1. The molecule has 0 unspecified atom stereocenters. The summed E-state index contributed by atoms with van der Waals surface area (Å²) < 4.78 is 24.4. The van der Waals surface area contributed by atoms with E-state index in [9.17, 15) is 18.8 Å². The van der Waals surface area contributed by atoms with E-state index in [0.717, 1.165) is 22.2 Å². The first-order valence-corrected chi connectivity index (χ1v) is 9.68. The number of carbonyl (C=O) groups excluding carboxylic acids is 3. The Morgan fingerprint density at radius 3 is 2.57 bits per heavy atom. The molecule has 3 rings (SSSR count). The highest BCUT2D eigenvalue weighted by Crippen LogP contribution is 2.37. The van der Waals surface area contributed by atoms with Crippen molar-refractivity contribution in [1.29, 1.82) is 0 Å². The highest BCUT2D eigenvalue weighted by Gasteiger charge is 2.36. The predicted octanol–water partition coefficient (Wildman–Crippen LogP) is 3.83. The molecule has 0 atom stereocenters. The van der Waals surface area contributed by atoms with Gasteiger partial charge in [0.25, 0.3) is 11.1 Å². The first-order valence-electron chi connectivity index (χ1n) is 8.87. The second kappa shape index (κ2) is 9.00. The van der Waals surface area contributed by atoms with Crippen LogP contribution in [0.15, 0.2) is 41.3 Å². The van der Waals surface area contributed by atoms with Gasteiger partial charge in [0.1, 0.15) is 23.9 Å². The van der Waals surface area contributed by atoms with E-state index in [1.54, 1.807) is 25.3 Å². The number of nitrogens with zero attached hydrogens (tertiary/aromatic N) is 1. The fraction of sp³-hybridized carbons (Fsp3) is 0.190. The van der Waals surface area contributed by atoms with Gasteiger partial charge in [0.05, 0.1) is 24.8 Å². The van der Waals surface area contributed by atoms with Crippen molar-refractivity contribution < 1.29 is 28.2 Å². The Bertz CT molecular complexity index is 1050. The van der Waals surface area contributed by atoms with E-state index in [4.69, 9.17) is 9.47 Å². The van der Waals surface area contributed by atoms with Gasteiger partial charge in [-0.1, -0.05) is 12.1 Å². The maximum atomic E-state index is 13.7. The average Bonchev–Trinajstić information content (AvgIpc) is 2.97. The fourth-order valence-corrected chi connectivity index (χ4v) is 3.80. The molecule has 0 aliphatic carbocycles. The molecule has 2 aromatic rings. The molecule has 1 aliphatic heterocycles. The molecule has 1 fully saturated rings. The normalized spacial score (nSPS) is 14.9. The van der Waals surface area contributed by atoms with Crippen molar-refractivity contribution in [2.24, 2.45) is 0 Å². The van der Waals surface area contributed by atoms with Gasteiger partial charge < -0.3 is 14.8 Å². The molecule has 3 amide bonds. The van der Waals surface area contributed by atoms with E-state index in [1.807, 2.05) is 6.92 Å². The Morgan fingerprint density at radius 1 is 1.17 bits per heavy atom. The molecule has 0 bridgehead atoms. The number of para-hydroxylation sites is 1. The number of hydrogen-bond donors (Lipinski definition) is 1. The van der Waals surface area contributed by atoms with Gasteiger partial charge in [-0.05, 0) is 49.0 Å². The number of amides is 3. The van der Waals surface area contributed by atoms with E-state index in [2.05, 4.69) is 5.32 Å². The predicted molar refractivity (Wildman–Crippen MR) is 112 cm³/mol. The first-order chi connectivity index (χ1) is 14.3. The molecule has 0 aromatic heterocycles. The lowest BCUT2D eigenvalue weighted by atomic mass is 10.1. The van der Waals surface area contributed by atoms with Gasteiger partial charge in [0.15, 0.2) is 0 Å². The van der Waals surface area contributed by atoms with Gasteiger partial charge in [-0.3, -0.25) is 19.3 Å². The maximum Gasteiger partial charge on any atom is 0.294 e. The fourth-order valence-electron chi connectivity index (χ4n) is 2.97. The van der Waals surface area contributed by atoms with Crippen molar-refractivity contribution >= 4 is 40.6 Å². The Balaban J connectivity index is 1.79. The molecule has 1 saturated heterocycles. The number of thioether (sulfide) groups is 1. The summed E-state index contributed by atoms with van der Waals surface area (Å²) in [4.78, 5) is 38.1. The summed E-state index contributed by atoms with van der Waals surface area (Å²) in [5.41, 5.74) is 1.32. The molecule has 7 nitrogen and oxygen atoms in total. The van der Waals surface area contributed by atoms with Gasteiger partial charge in [0.2, 0.25) is 5.91 Å². The number of halogens is 1. The van der Waals surface area contributed by atoms with Crippen LogP contribution >= 0.6 is 11.8 Å². The zero-order valence-corrected chi connectivity index (χ0v) is 17.3. The van der Waals surface area contributed by atoms with Crippen LogP contribution in [-0.2, 0) is 9.59 Å². The lowest BCUT2D eigenvalue weighted by Gasteiger charge is -2.13. The summed E-state index contributed by atoms with van der Waals surface area (Å²) in [5.74, 6) is -0.757. The molecular weight excluding hydrogens is 411 g/mol. The Hall–Kier alpha value is -3.33. The second-order valence-corrected chi connectivity index (χ2v) is 7.30. The molecule has 1 N–H and O–H groups in total. The van der Waals surface area contributed by atoms with Crippen molar-refractivity contribution in [3.63, 3.8) is 0 Å². The SMILES string of the molecule is COc1ccc(/C=C2\SC(=O)N(CC(=O)Nc3ccccc3F)C2=O)c(OC)c1C. The standard InChI is InChI=1S/C21H19FN2O5S/c1-12-16(28-2)9-8-13(19(12)29-3)10-17-20(26)24(21(27)30-17)11-18(25)23-15-7-5-4-6-14(15)22/h4-10H,11H2,1-3H3,(H,23,25)/b17-10-. The van der Waals surface area contributed by atoms with Crippen molar-refractivity contribution in [2.75, 3.05) is 26.1 Å². The average molecular weight is 430 g/mol. The minimum Gasteiger partial charge on any atom is -0.496 e. The molecule has 2 aromatic carbocycles. The second-order valence-electron chi connectivity index (χ2n) is 6.31. The molecule has 156 valence electrons. The number of carbonyl (C=O) groups is 3. The maximum absolute atomic E-state index is 13.7. The smallest absolute Gasteiger partial charge is 0.294 e. The van der Waals surface area contributed by atoms with E-state index in [1.165, 1.54) is 31.4 Å². The number of benzene rings is 2. The lowest BCUT2D eigenvalue weighted by Crippen LogP contribution is -2.36. The highest BCUT2D eigenvalue weighted by molar-refractivity contribution is 8.18. The van der Waals surface area contributed by atoms with Crippen LogP contribution in [-0.4, -0.2) is 42.7 Å². The largest absolute Gasteiger partial charge is 0.496 e. The summed E-state index contributed by atoms with van der Waals surface area (Å²) in [6.07, 6.45) is 1.53. The van der Waals surface area contributed by atoms with Gasteiger partial charge in [-0.25, -0.2) is 4.39 Å². The summed E-state index contributed by atoms with van der Waals surface area (Å²) in [7, 11) is 3.04. The number of nitrogens with one attached hydrogen (secondary N) is 1. The number of methoxy groups -OCH3 is 2. The van der Waals surface area contributed by atoms with Crippen molar-refractivity contribution in [3.05, 3.63) is 58.2 Å². The van der Waals surface area contributed by atoms with Crippen molar-refractivity contribution in [3.8, 4) is 11.5 Å². The van der Waals surface area contributed by atoms with Gasteiger partial charge in [-0.15, -0.1) is 0 Å². The van der Waals surface area contributed by atoms with Crippen LogP contribution in [0.1, 0.15) is 11.1 Å². The van der Waals surface area contributed by atoms with Crippen LogP contribution in [0.5, 0.6) is 11.5 Å². The van der Waals surface area contributed by atoms with E-state index in [0.29, 0.717) is 17.1 Å². The Morgan fingerprint density at radius 2 is 1.90 bits per heavy atom. The highest BCUT2D eigenvalue weighted by atomic mass is 32.2. The monoisotopic (exact) mass is 430 g/mol. The summed E-state index contributed by atoms with van der Waals surface area (Å²) in [5, 5.41) is 1.77. The molecule has 0 saturated carbocycles. The molecular formula is C21H19FN2O5S. The lowest BCUT2D eigenvalue weighted by molar-refractivity contribution is -0.127. The van der Waals surface area contributed by atoms with Crippen LogP contribution < -0.4 is 14.8 Å². The molecule has 0 radical (unpaired) electrons. The first kappa shape index (κ1) is 21.4. The van der Waals surface area contributed by atoms with Crippen molar-refractivity contribution in [2.45, 2.75) is 6.92 Å². The van der Waals surface area contributed by atoms with Crippen LogP contribution in [0.25, 0.3) is 6.08 Å². The zero-order valence-electron chi connectivity index (χ0n) is 16.5. The molecule has 1 heterocycles. The third-order valence-electron chi connectivity index (χ3n) is 4.42. The third kappa shape index (κ3) is 4.30. The zero-order chi connectivity index (χ0) is 21.8. The van der Waals surface area contributed by atoms with E-state index >= 15 is 0 Å². The summed E-state index contributed by atoms with van der Waals surface area (Å²) in [6, 6.07) is 9.08. The molecule has 30 heavy (non-hydrogen) atoms. The molecule has 9 heteroatoms. The quantitative estimate of drug-likeness (QED) is 0.702. The minimum atomic E-state index is -0.679. The minimum absolute atomic E-state index is 0.0246. The van der Waals surface area contributed by atoms with E-state index in [-0.39, 0.29) is 10.6 Å². The number of hydrogen-bond acceptors (Lipinski definition) is 6. The van der Waals surface area contributed by atoms with Gasteiger partial charge in [0, 0.05) is 11.1 Å². The number of rotatable bonds is 6. The summed E-state index contributed by atoms with van der Waals surface area (Å²) >= 11 is 0.721. The Labute approximate surface area is 176 Å². The molecule has 0 spiro atoms. The number of anilines is 1. The number of ether oxygens (including phenoxy) is 2. The topological polar surface area (TPSA) is 84.9 Å². The molecule has 1 aliphatic rings. The van der Waals surface area contributed by atoms with Crippen LogP contribution in [0.3, 0.4) is 0 Å². The Kier molecular flexibility index (Phi) is 6.41. The van der Waals surface area contributed by atoms with Crippen LogP contribution in [0.2, 0.25) is 0 Å². The van der Waals surface area contributed by atoms with Crippen molar-refractivity contribution in [1.82, 2.24) is 4.90 Å². The van der Waals surface area contributed by atoms with E-state index < -0.39 is 29.4 Å².